The molecule has 0 aliphatic heterocycles. The Hall–Kier alpha value is -1.73. The molecule has 1 atom stereocenters. The fourth-order valence-corrected chi connectivity index (χ4v) is 1.16. The average molecular weight is 296 g/mol. The minimum atomic E-state index is -4.51. The summed E-state index contributed by atoms with van der Waals surface area (Å²) in [5.41, 5.74) is -0.773. The summed E-state index contributed by atoms with van der Waals surface area (Å²) >= 11 is 0. The summed E-state index contributed by atoms with van der Waals surface area (Å²) in [5, 5.41) is 3.89. The largest absolute Gasteiger partial charge is 0.444 e. The maximum absolute atomic E-state index is 12.0. The third kappa shape index (κ3) is 9.23. The van der Waals surface area contributed by atoms with Crippen molar-refractivity contribution in [1.82, 2.24) is 10.6 Å². The van der Waals surface area contributed by atoms with Crippen LogP contribution in [0, 0.1) is 0 Å². The lowest BCUT2D eigenvalue weighted by molar-refractivity contribution is -0.139. The molecule has 0 aromatic carbocycles. The third-order valence-corrected chi connectivity index (χ3v) is 1.87. The first-order chi connectivity index (χ1) is 8.94. The number of nitrogens with one attached hydrogen (secondary N) is 2. The Morgan fingerprint density at radius 1 is 1.30 bits per heavy atom. The fourth-order valence-electron chi connectivity index (χ4n) is 1.16. The van der Waals surface area contributed by atoms with E-state index < -0.39 is 36.4 Å². The molecule has 0 rings (SSSR count). The van der Waals surface area contributed by atoms with Gasteiger partial charge in [-0.05, 0) is 27.2 Å². The molecule has 0 radical (unpaired) electrons. The average Bonchev–Trinajstić information content (AvgIpc) is 2.21. The SMILES string of the molecule is C=CC[C@H](NC(=O)OC(C)(C)C)C(=O)NCC(F)(F)F. The number of carbonyl (C=O) groups excluding carboxylic acids is 2. The number of hydrogen-bond donors (Lipinski definition) is 2. The van der Waals surface area contributed by atoms with Gasteiger partial charge in [-0.25, -0.2) is 4.79 Å². The summed E-state index contributed by atoms with van der Waals surface area (Å²) in [4.78, 5) is 23.0. The van der Waals surface area contributed by atoms with Gasteiger partial charge in [0.05, 0.1) is 0 Å². The zero-order chi connectivity index (χ0) is 16.0. The van der Waals surface area contributed by atoms with E-state index in [-0.39, 0.29) is 6.42 Å². The van der Waals surface area contributed by atoms with Crippen LogP contribution in [-0.4, -0.2) is 36.4 Å². The number of alkyl carbamates (subject to hydrolysis) is 1. The van der Waals surface area contributed by atoms with E-state index in [4.69, 9.17) is 4.74 Å². The normalized spacial score (nSPS) is 13.3. The molecule has 0 fully saturated rings. The van der Waals surface area contributed by atoms with Crippen LogP contribution < -0.4 is 10.6 Å². The molecule has 0 aliphatic carbocycles. The van der Waals surface area contributed by atoms with Crippen molar-refractivity contribution >= 4 is 12.0 Å². The number of carbonyl (C=O) groups is 2. The van der Waals surface area contributed by atoms with Gasteiger partial charge in [-0.15, -0.1) is 6.58 Å². The summed E-state index contributed by atoms with van der Waals surface area (Å²) < 4.78 is 40.9. The molecule has 8 heteroatoms. The molecule has 20 heavy (non-hydrogen) atoms. The van der Waals surface area contributed by atoms with Crippen LogP contribution in [0.25, 0.3) is 0 Å². The zero-order valence-electron chi connectivity index (χ0n) is 11.6. The number of halogens is 3. The summed E-state index contributed by atoms with van der Waals surface area (Å²) in [6, 6.07) is -1.16. The van der Waals surface area contributed by atoms with Gasteiger partial charge in [0, 0.05) is 0 Å². The molecule has 0 spiro atoms. The zero-order valence-corrected chi connectivity index (χ0v) is 11.6. The standard InChI is InChI=1S/C12H19F3N2O3/c1-5-6-8(9(18)16-7-12(13,14)15)17-10(19)20-11(2,3)4/h5,8H,1,6-7H2,2-4H3,(H,16,18)(H,17,19)/t8-/m0/s1. The lowest BCUT2D eigenvalue weighted by atomic mass is 10.2. The van der Waals surface area contributed by atoms with Crippen LogP contribution in [-0.2, 0) is 9.53 Å². The van der Waals surface area contributed by atoms with Crippen LogP contribution in [0.3, 0.4) is 0 Å². The first-order valence-corrected chi connectivity index (χ1v) is 5.89. The van der Waals surface area contributed by atoms with E-state index in [2.05, 4.69) is 11.9 Å². The highest BCUT2D eigenvalue weighted by Crippen LogP contribution is 2.12. The third-order valence-electron chi connectivity index (χ3n) is 1.87. The van der Waals surface area contributed by atoms with Gasteiger partial charge in [0.1, 0.15) is 18.2 Å². The van der Waals surface area contributed by atoms with Gasteiger partial charge in [-0.3, -0.25) is 4.79 Å². The number of ether oxygens (including phenoxy) is 1. The smallest absolute Gasteiger partial charge is 0.408 e. The lowest BCUT2D eigenvalue weighted by Crippen LogP contribution is -2.49. The van der Waals surface area contributed by atoms with Gasteiger partial charge in [-0.1, -0.05) is 6.08 Å². The predicted molar refractivity (Wildman–Crippen MR) is 67.0 cm³/mol. The molecule has 116 valence electrons. The number of alkyl halides is 3. The van der Waals surface area contributed by atoms with Crippen molar-refractivity contribution in [2.24, 2.45) is 0 Å². The molecule has 0 saturated carbocycles. The molecular formula is C12H19F3N2O3. The van der Waals surface area contributed by atoms with Gasteiger partial charge in [-0.2, -0.15) is 13.2 Å². The molecule has 2 amide bonds. The van der Waals surface area contributed by atoms with Crippen molar-refractivity contribution in [3.8, 4) is 0 Å². The van der Waals surface area contributed by atoms with E-state index in [0.717, 1.165) is 0 Å². The molecule has 0 aromatic rings. The van der Waals surface area contributed by atoms with E-state index >= 15 is 0 Å². The van der Waals surface area contributed by atoms with Gasteiger partial charge >= 0.3 is 12.3 Å². The van der Waals surface area contributed by atoms with Crippen LogP contribution in [0.15, 0.2) is 12.7 Å². The van der Waals surface area contributed by atoms with Gasteiger partial charge in [0.15, 0.2) is 0 Å². The van der Waals surface area contributed by atoms with E-state index in [1.807, 2.05) is 0 Å². The minimum absolute atomic E-state index is 0.0110. The van der Waals surface area contributed by atoms with Crippen molar-refractivity contribution < 1.29 is 27.5 Å². The first-order valence-electron chi connectivity index (χ1n) is 5.89. The number of rotatable bonds is 5. The van der Waals surface area contributed by atoms with Crippen molar-refractivity contribution in [2.75, 3.05) is 6.54 Å². The Bertz CT molecular complexity index is 362. The maximum Gasteiger partial charge on any atom is 0.408 e. The number of amides is 2. The molecule has 0 heterocycles. The highest BCUT2D eigenvalue weighted by molar-refractivity contribution is 5.85. The van der Waals surface area contributed by atoms with Gasteiger partial charge < -0.3 is 15.4 Å². The van der Waals surface area contributed by atoms with Gasteiger partial charge in [0.25, 0.3) is 0 Å². The molecule has 0 aromatic heterocycles. The van der Waals surface area contributed by atoms with Crippen LogP contribution in [0.1, 0.15) is 27.2 Å². The lowest BCUT2D eigenvalue weighted by Gasteiger charge is -2.23. The Kier molecular flexibility index (Phi) is 6.54. The summed E-state index contributed by atoms with van der Waals surface area (Å²) in [6.45, 7) is 6.79. The summed E-state index contributed by atoms with van der Waals surface area (Å²) in [7, 11) is 0. The highest BCUT2D eigenvalue weighted by atomic mass is 19.4. The molecule has 0 bridgehead atoms. The Balaban J connectivity index is 4.52. The monoisotopic (exact) mass is 296 g/mol. The van der Waals surface area contributed by atoms with Gasteiger partial charge in [0.2, 0.25) is 5.91 Å². The van der Waals surface area contributed by atoms with Crippen LogP contribution in [0.4, 0.5) is 18.0 Å². The maximum atomic E-state index is 12.0. The molecular weight excluding hydrogens is 277 g/mol. The van der Waals surface area contributed by atoms with E-state index in [0.29, 0.717) is 0 Å². The van der Waals surface area contributed by atoms with E-state index in [9.17, 15) is 22.8 Å². The van der Waals surface area contributed by atoms with Crippen molar-refractivity contribution in [3.63, 3.8) is 0 Å². The molecule has 5 nitrogen and oxygen atoms in total. The second kappa shape index (κ2) is 7.16. The van der Waals surface area contributed by atoms with Crippen molar-refractivity contribution in [1.29, 1.82) is 0 Å². The Labute approximate surface area is 115 Å². The fraction of sp³-hybridized carbons (Fsp3) is 0.667. The van der Waals surface area contributed by atoms with Crippen molar-refractivity contribution in [3.05, 3.63) is 12.7 Å². The summed E-state index contributed by atoms with van der Waals surface area (Å²) in [6.07, 6.45) is -4.09. The summed E-state index contributed by atoms with van der Waals surface area (Å²) in [5.74, 6) is -0.951. The molecule has 0 saturated heterocycles. The van der Waals surface area contributed by atoms with E-state index in [1.54, 1.807) is 26.1 Å². The molecule has 0 unspecified atom stereocenters. The molecule has 0 aliphatic rings. The number of hydrogen-bond acceptors (Lipinski definition) is 3. The Morgan fingerprint density at radius 2 is 1.85 bits per heavy atom. The Morgan fingerprint density at radius 3 is 2.25 bits per heavy atom. The second-order valence-corrected chi connectivity index (χ2v) is 5.06. The minimum Gasteiger partial charge on any atom is -0.444 e. The van der Waals surface area contributed by atoms with Crippen LogP contribution >= 0.6 is 0 Å². The topological polar surface area (TPSA) is 67.4 Å². The molecule has 2 N–H and O–H groups in total. The first kappa shape index (κ1) is 18.3. The van der Waals surface area contributed by atoms with E-state index in [1.165, 1.54) is 6.08 Å². The highest BCUT2D eigenvalue weighted by Gasteiger charge is 2.30. The predicted octanol–water partition coefficient (Wildman–Crippen LogP) is 2.13. The second-order valence-electron chi connectivity index (χ2n) is 5.06. The van der Waals surface area contributed by atoms with Crippen LogP contribution in [0.5, 0.6) is 0 Å². The van der Waals surface area contributed by atoms with Crippen LogP contribution in [0.2, 0.25) is 0 Å². The quantitative estimate of drug-likeness (QED) is 0.764. The van der Waals surface area contributed by atoms with Crippen molar-refractivity contribution in [2.45, 2.75) is 45.0 Å².